The van der Waals surface area contributed by atoms with Crippen molar-refractivity contribution in [1.82, 2.24) is 5.32 Å². The number of hydrogen-bond acceptors (Lipinski definition) is 3. The summed E-state index contributed by atoms with van der Waals surface area (Å²) in [6, 6.07) is 24.0. The highest BCUT2D eigenvalue weighted by molar-refractivity contribution is 7.89. The standard InChI is InChI=1S/C22H22N2O3S/c23-28(26,27)20-12-10-17(11-13-20)14-15-24-22(25)21-9-5-4-8-19(21)16-18-6-2-1-3-7-18/h1-13H,14-16H2,(H,24,25)(H2,23,26,27). The van der Waals surface area contributed by atoms with Crippen LogP contribution in [0.15, 0.2) is 83.8 Å². The van der Waals surface area contributed by atoms with Crippen LogP contribution in [-0.4, -0.2) is 20.9 Å². The van der Waals surface area contributed by atoms with E-state index in [1.807, 2.05) is 54.6 Å². The molecule has 0 atom stereocenters. The second kappa shape index (κ2) is 8.82. The highest BCUT2D eigenvalue weighted by atomic mass is 32.2. The summed E-state index contributed by atoms with van der Waals surface area (Å²) < 4.78 is 22.6. The predicted molar refractivity (Wildman–Crippen MR) is 110 cm³/mol. The van der Waals surface area contributed by atoms with Gasteiger partial charge >= 0.3 is 0 Å². The van der Waals surface area contributed by atoms with Crippen molar-refractivity contribution in [3.05, 3.63) is 101 Å². The summed E-state index contributed by atoms with van der Waals surface area (Å²) in [5.74, 6) is -0.118. The Morgan fingerprint density at radius 2 is 1.46 bits per heavy atom. The van der Waals surface area contributed by atoms with E-state index in [9.17, 15) is 13.2 Å². The van der Waals surface area contributed by atoms with E-state index in [1.165, 1.54) is 12.1 Å². The average molecular weight is 394 g/mol. The molecule has 0 aliphatic rings. The third-order valence-corrected chi connectivity index (χ3v) is 5.38. The van der Waals surface area contributed by atoms with E-state index in [2.05, 4.69) is 5.32 Å². The van der Waals surface area contributed by atoms with Gasteiger partial charge in [0.25, 0.3) is 5.91 Å². The van der Waals surface area contributed by atoms with Crippen molar-refractivity contribution in [1.29, 1.82) is 0 Å². The molecule has 5 nitrogen and oxygen atoms in total. The summed E-state index contributed by atoms with van der Waals surface area (Å²) in [4.78, 5) is 12.7. The maximum Gasteiger partial charge on any atom is 0.251 e. The molecule has 0 spiro atoms. The Labute approximate surface area is 165 Å². The molecule has 0 saturated carbocycles. The Morgan fingerprint density at radius 1 is 0.821 bits per heavy atom. The molecule has 0 aliphatic heterocycles. The van der Waals surface area contributed by atoms with E-state index in [0.717, 1.165) is 16.7 Å². The van der Waals surface area contributed by atoms with Crippen LogP contribution in [0.1, 0.15) is 27.0 Å². The van der Waals surface area contributed by atoms with Gasteiger partial charge in [-0.15, -0.1) is 0 Å². The quantitative estimate of drug-likeness (QED) is 0.646. The van der Waals surface area contributed by atoms with Crippen molar-refractivity contribution in [2.45, 2.75) is 17.7 Å². The molecule has 6 heteroatoms. The number of sulfonamides is 1. The summed E-state index contributed by atoms with van der Waals surface area (Å²) >= 11 is 0. The van der Waals surface area contributed by atoms with E-state index >= 15 is 0 Å². The Bertz CT molecular complexity index is 1050. The molecule has 0 heterocycles. The first-order chi connectivity index (χ1) is 13.4. The molecule has 0 aromatic heterocycles. The van der Waals surface area contributed by atoms with Crippen LogP contribution in [0.25, 0.3) is 0 Å². The molecular formula is C22H22N2O3S. The fourth-order valence-corrected chi connectivity index (χ4v) is 3.49. The number of nitrogens with one attached hydrogen (secondary N) is 1. The van der Waals surface area contributed by atoms with Gasteiger partial charge in [0.1, 0.15) is 0 Å². The lowest BCUT2D eigenvalue weighted by molar-refractivity contribution is 0.0953. The first-order valence-electron chi connectivity index (χ1n) is 8.95. The van der Waals surface area contributed by atoms with Gasteiger partial charge in [-0.1, -0.05) is 60.7 Å². The second-order valence-corrected chi connectivity index (χ2v) is 8.08. The smallest absolute Gasteiger partial charge is 0.251 e. The number of rotatable bonds is 7. The fraction of sp³-hybridized carbons (Fsp3) is 0.136. The SMILES string of the molecule is NS(=O)(=O)c1ccc(CCNC(=O)c2ccccc2Cc2ccccc2)cc1. The van der Waals surface area contributed by atoms with Crippen molar-refractivity contribution in [2.24, 2.45) is 5.14 Å². The minimum atomic E-state index is -3.69. The zero-order valence-corrected chi connectivity index (χ0v) is 16.2. The second-order valence-electron chi connectivity index (χ2n) is 6.51. The van der Waals surface area contributed by atoms with Gasteiger partial charge in [-0.25, -0.2) is 13.6 Å². The van der Waals surface area contributed by atoms with Crippen LogP contribution in [0.2, 0.25) is 0 Å². The van der Waals surface area contributed by atoms with E-state index in [0.29, 0.717) is 24.9 Å². The zero-order chi connectivity index (χ0) is 20.0. The molecule has 3 aromatic carbocycles. The molecule has 3 N–H and O–H groups in total. The van der Waals surface area contributed by atoms with Gasteiger partial charge < -0.3 is 5.32 Å². The molecule has 0 unspecified atom stereocenters. The highest BCUT2D eigenvalue weighted by Crippen LogP contribution is 2.15. The number of primary sulfonamides is 1. The van der Waals surface area contributed by atoms with Crippen LogP contribution in [-0.2, 0) is 22.9 Å². The van der Waals surface area contributed by atoms with E-state index in [-0.39, 0.29) is 10.8 Å². The van der Waals surface area contributed by atoms with Crippen molar-refractivity contribution in [2.75, 3.05) is 6.54 Å². The van der Waals surface area contributed by atoms with Gasteiger partial charge in [-0.2, -0.15) is 0 Å². The molecule has 3 rings (SSSR count). The molecule has 0 aliphatic carbocycles. The predicted octanol–water partition coefficient (Wildman–Crippen LogP) is 2.90. The van der Waals surface area contributed by atoms with Crippen LogP contribution in [0.3, 0.4) is 0 Å². The number of nitrogens with two attached hydrogens (primary N) is 1. The van der Waals surface area contributed by atoms with Gasteiger partial charge in [-0.05, 0) is 47.7 Å². The molecule has 0 fully saturated rings. The lowest BCUT2D eigenvalue weighted by Gasteiger charge is -2.11. The van der Waals surface area contributed by atoms with Gasteiger partial charge in [0.2, 0.25) is 10.0 Å². The van der Waals surface area contributed by atoms with E-state index in [4.69, 9.17) is 5.14 Å². The Morgan fingerprint density at radius 3 is 2.14 bits per heavy atom. The van der Waals surface area contributed by atoms with Gasteiger partial charge in [0.05, 0.1) is 4.90 Å². The average Bonchev–Trinajstić information content (AvgIpc) is 2.69. The van der Waals surface area contributed by atoms with Crippen molar-refractivity contribution < 1.29 is 13.2 Å². The number of carbonyl (C=O) groups excluding carboxylic acids is 1. The van der Waals surface area contributed by atoms with Crippen LogP contribution >= 0.6 is 0 Å². The monoisotopic (exact) mass is 394 g/mol. The van der Waals surface area contributed by atoms with E-state index < -0.39 is 10.0 Å². The normalized spacial score (nSPS) is 11.2. The number of carbonyl (C=O) groups is 1. The topological polar surface area (TPSA) is 89.3 Å². The first kappa shape index (κ1) is 19.8. The maximum absolute atomic E-state index is 12.6. The molecule has 0 bridgehead atoms. The van der Waals surface area contributed by atoms with Gasteiger partial charge in [0, 0.05) is 12.1 Å². The number of benzene rings is 3. The van der Waals surface area contributed by atoms with Crippen LogP contribution in [0.5, 0.6) is 0 Å². The summed E-state index contributed by atoms with van der Waals surface area (Å²) in [7, 11) is -3.69. The summed E-state index contributed by atoms with van der Waals surface area (Å²) in [5, 5.41) is 8.03. The highest BCUT2D eigenvalue weighted by Gasteiger charge is 2.11. The van der Waals surface area contributed by atoms with Crippen molar-refractivity contribution >= 4 is 15.9 Å². The third-order valence-electron chi connectivity index (χ3n) is 4.45. The third kappa shape index (κ3) is 5.28. The van der Waals surface area contributed by atoms with Crippen molar-refractivity contribution in [3.8, 4) is 0 Å². The van der Waals surface area contributed by atoms with Crippen LogP contribution < -0.4 is 10.5 Å². The van der Waals surface area contributed by atoms with Crippen molar-refractivity contribution in [3.63, 3.8) is 0 Å². The van der Waals surface area contributed by atoms with Crippen LogP contribution in [0, 0.1) is 0 Å². The molecule has 0 saturated heterocycles. The fourth-order valence-electron chi connectivity index (χ4n) is 2.97. The molecule has 144 valence electrons. The zero-order valence-electron chi connectivity index (χ0n) is 15.3. The molecule has 0 radical (unpaired) electrons. The molecule has 3 aromatic rings. The molecular weight excluding hydrogens is 372 g/mol. The Kier molecular flexibility index (Phi) is 6.23. The molecule has 28 heavy (non-hydrogen) atoms. The largest absolute Gasteiger partial charge is 0.352 e. The summed E-state index contributed by atoms with van der Waals surface area (Å²) in [6.07, 6.45) is 1.29. The Balaban J connectivity index is 1.61. The minimum absolute atomic E-state index is 0.0788. The summed E-state index contributed by atoms with van der Waals surface area (Å²) in [5.41, 5.74) is 3.71. The minimum Gasteiger partial charge on any atom is -0.352 e. The number of amides is 1. The van der Waals surface area contributed by atoms with Crippen LogP contribution in [0.4, 0.5) is 0 Å². The lowest BCUT2D eigenvalue weighted by atomic mass is 9.99. The van der Waals surface area contributed by atoms with E-state index in [1.54, 1.807) is 12.1 Å². The summed E-state index contributed by atoms with van der Waals surface area (Å²) in [6.45, 7) is 0.452. The number of hydrogen-bond donors (Lipinski definition) is 2. The lowest BCUT2D eigenvalue weighted by Crippen LogP contribution is -2.26. The first-order valence-corrected chi connectivity index (χ1v) is 10.5. The van der Waals surface area contributed by atoms with Gasteiger partial charge in [0.15, 0.2) is 0 Å². The maximum atomic E-state index is 12.6. The molecule has 1 amide bonds. The Hall–Kier alpha value is -2.96. The van der Waals surface area contributed by atoms with Gasteiger partial charge in [-0.3, -0.25) is 4.79 Å².